The van der Waals surface area contributed by atoms with Crippen LogP contribution >= 0.6 is 34.7 Å². The minimum absolute atomic E-state index is 0.0628. The fourth-order valence-electron chi connectivity index (χ4n) is 3.00. The van der Waals surface area contributed by atoms with Crippen LogP contribution in [0.15, 0.2) is 10.5 Å². The van der Waals surface area contributed by atoms with Crippen LogP contribution in [0.1, 0.15) is 26.5 Å². The zero-order valence-corrected chi connectivity index (χ0v) is 20.3. The summed E-state index contributed by atoms with van der Waals surface area (Å²) in [6.45, 7) is 4.36. The van der Waals surface area contributed by atoms with E-state index < -0.39 is 52.3 Å². The lowest BCUT2D eigenvalue weighted by Gasteiger charge is -2.52. The number of anilines is 1. The van der Waals surface area contributed by atoms with E-state index >= 15 is 0 Å². The predicted molar refractivity (Wildman–Crippen MR) is 121 cm³/mol. The van der Waals surface area contributed by atoms with Crippen LogP contribution in [0.2, 0.25) is 0 Å². The summed E-state index contributed by atoms with van der Waals surface area (Å²) < 4.78 is 5.11. The number of fused-ring (bicyclic) bond motifs is 1. The maximum atomic E-state index is 12.9. The lowest BCUT2D eigenvalue weighted by molar-refractivity contribution is -0.160. The quantitative estimate of drug-likeness (QED) is 0.149. The van der Waals surface area contributed by atoms with E-state index in [1.165, 1.54) is 10.3 Å². The van der Waals surface area contributed by atoms with Gasteiger partial charge in [-0.1, -0.05) is 5.16 Å². The molecule has 0 aliphatic carbocycles. The van der Waals surface area contributed by atoms with Crippen molar-refractivity contribution in [3.05, 3.63) is 11.1 Å². The van der Waals surface area contributed by atoms with Crippen LogP contribution in [0.5, 0.6) is 0 Å². The summed E-state index contributed by atoms with van der Waals surface area (Å²) in [6, 6.07) is -0.912. The smallest absolute Gasteiger partial charge is 0.347 e. The molecule has 3 rings (SSSR count). The van der Waals surface area contributed by atoms with E-state index in [1.54, 1.807) is 20.8 Å². The first-order valence-electron chi connectivity index (χ1n) is 9.59. The maximum Gasteiger partial charge on any atom is 0.347 e. The summed E-state index contributed by atoms with van der Waals surface area (Å²) in [4.78, 5) is 57.3. The Labute approximate surface area is 201 Å². The number of carbonyl (C=O) groups is 4. The number of nitrogens with two attached hydrogens (primary N) is 1. The van der Waals surface area contributed by atoms with Gasteiger partial charge in [0.15, 0.2) is 15.7 Å². The molecule has 0 radical (unpaired) electrons. The molecule has 3 heterocycles. The number of hydrogen-bond acceptors (Lipinski definition) is 11. The number of hydrogen-bond donors (Lipinski definition) is 3. The first kappa shape index (κ1) is 25.1. The molecule has 2 aliphatic rings. The molecule has 4 N–H and O–H groups in total. The molecule has 2 saturated heterocycles. The number of oxime groups is 1. The van der Waals surface area contributed by atoms with Gasteiger partial charge < -0.3 is 30.6 Å². The van der Waals surface area contributed by atoms with Crippen LogP contribution in [0, 0.1) is 0 Å². The number of ether oxygens (including phenoxy) is 1. The molecule has 2 fully saturated rings. The molecule has 2 aliphatic heterocycles. The van der Waals surface area contributed by atoms with Gasteiger partial charge in [-0.25, -0.2) is 9.78 Å². The Balaban J connectivity index is 1.68. The number of thioether (sulfide) groups is 1. The van der Waals surface area contributed by atoms with Crippen LogP contribution in [0.25, 0.3) is 0 Å². The highest BCUT2D eigenvalue weighted by Crippen LogP contribution is 2.41. The Morgan fingerprint density at radius 2 is 2.15 bits per heavy atom. The number of halogens is 1. The summed E-state index contributed by atoms with van der Waals surface area (Å²) in [5.41, 5.74) is 4.74. The number of carboxylic acids is 1. The standard InChI is InChI=1S/C18H22ClN5O7S2/c1-17(2,3)31-9(25)4-30-23-10(8-5-32-16(20)21-8)12(26)22-11-13(27)24-6-18(19,15(28)29)7-33-14(11)24/h5,11,14H,4,6-7H2,1-3H3,(H2,20,21)(H,22,26)(H,28,29)/t11?,14-,18?/m1/s1. The molecule has 2 unspecified atom stereocenters. The molecule has 0 spiro atoms. The van der Waals surface area contributed by atoms with Crippen LogP contribution < -0.4 is 11.1 Å². The highest BCUT2D eigenvalue weighted by atomic mass is 35.5. The van der Waals surface area contributed by atoms with Gasteiger partial charge in [-0.3, -0.25) is 14.4 Å². The molecule has 33 heavy (non-hydrogen) atoms. The molecule has 12 nitrogen and oxygen atoms in total. The highest BCUT2D eigenvalue weighted by Gasteiger charge is 2.57. The second-order valence-electron chi connectivity index (χ2n) is 8.26. The molecular formula is C18H22ClN5O7S2. The third-order valence-corrected chi connectivity index (χ3v) is 7.23. The predicted octanol–water partition coefficient (Wildman–Crippen LogP) is 0.250. The number of amides is 2. The number of β-lactam (4-membered cyclic amide) rings is 1. The van der Waals surface area contributed by atoms with Crippen molar-refractivity contribution in [2.45, 2.75) is 42.7 Å². The summed E-state index contributed by atoms with van der Waals surface area (Å²) in [5, 5.41) is 16.7. The Morgan fingerprint density at radius 1 is 1.45 bits per heavy atom. The first-order valence-corrected chi connectivity index (χ1v) is 11.9. The number of nitrogens with zero attached hydrogens (tertiary/aromatic N) is 3. The zero-order chi connectivity index (χ0) is 24.6. The second kappa shape index (κ2) is 9.35. The average Bonchev–Trinajstić information content (AvgIpc) is 3.13. The summed E-state index contributed by atoms with van der Waals surface area (Å²) in [6.07, 6.45) is 0. The summed E-state index contributed by atoms with van der Waals surface area (Å²) >= 11 is 8.30. The highest BCUT2D eigenvalue weighted by molar-refractivity contribution is 8.00. The number of rotatable bonds is 7. The van der Waals surface area contributed by atoms with E-state index in [9.17, 15) is 24.3 Å². The zero-order valence-electron chi connectivity index (χ0n) is 17.9. The molecular weight excluding hydrogens is 498 g/mol. The van der Waals surface area contributed by atoms with Crippen molar-refractivity contribution in [2.24, 2.45) is 5.16 Å². The lowest BCUT2D eigenvalue weighted by atomic mass is 10.0. The summed E-state index contributed by atoms with van der Waals surface area (Å²) in [5.74, 6) is -3.08. The Kier molecular flexibility index (Phi) is 7.10. The molecule has 2 amide bonds. The number of thiazole rings is 1. The maximum absolute atomic E-state index is 12.9. The molecule has 0 bridgehead atoms. The molecule has 1 aromatic heterocycles. The van der Waals surface area contributed by atoms with Crippen molar-refractivity contribution in [1.82, 2.24) is 15.2 Å². The monoisotopic (exact) mass is 519 g/mol. The van der Waals surface area contributed by atoms with Gasteiger partial charge in [-0.05, 0) is 20.8 Å². The van der Waals surface area contributed by atoms with Gasteiger partial charge in [0.05, 0.1) is 6.54 Å². The van der Waals surface area contributed by atoms with Crippen molar-refractivity contribution < 1.29 is 33.9 Å². The first-order chi connectivity index (χ1) is 15.3. The normalized spacial score (nSPS) is 25.0. The van der Waals surface area contributed by atoms with Gasteiger partial charge in [-0.2, -0.15) is 0 Å². The van der Waals surface area contributed by atoms with Gasteiger partial charge in [-0.15, -0.1) is 34.7 Å². The Morgan fingerprint density at radius 3 is 2.73 bits per heavy atom. The number of aliphatic carboxylic acids is 1. The third-order valence-electron chi connectivity index (χ3n) is 4.45. The van der Waals surface area contributed by atoms with Gasteiger partial charge in [0.1, 0.15) is 22.7 Å². The molecule has 180 valence electrons. The molecule has 0 saturated carbocycles. The number of nitrogen functional groups attached to an aromatic ring is 1. The SMILES string of the molecule is CC(C)(C)OC(=O)CON=C(C(=O)NC1C(=O)N2CC(Cl)(C(=O)O)CS[C@H]12)c1csc(N)n1. The Hall–Kier alpha value is -2.58. The number of carbonyl (C=O) groups excluding carboxylic acids is 3. The minimum atomic E-state index is -1.58. The van der Waals surface area contributed by atoms with Crippen molar-refractivity contribution >= 4 is 69.3 Å². The van der Waals surface area contributed by atoms with E-state index in [0.717, 1.165) is 23.1 Å². The molecule has 0 aromatic carbocycles. The van der Waals surface area contributed by atoms with Gasteiger partial charge >= 0.3 is 11.9 Å². The van der Waals surface area contributed by atoms with E-state index in [0.29, 0.717) is 0 Å². The largest absolute Gasteiger partial charge is 0.480 e. The number of aromatic nitrogens is 1. The van der Waals surface area contributed by atoms with Crippen LogP contribution in [-0.2, 0) is 28.8 Å². The summed E-state index contributed by atoms with van der Waals surface area (Å²) in [7, 11) is 0. The van der Waals surface area contributed by atoms with Crippen molar-refractivity contribution in [3.8, 4) is 0 Å². The van der Waals surface area contributed by atoms with Gasteiger partial charge in [0.2, 0.25) is 12.5 Å². The van der Waals surface area contributed by atoms with Crippen molar-refractivity contribution in [3.63, 3.8) is 0 Å². The Bertz CT molecular complexity index is 1010. The topological polar surface area (TPSA) is 174 Å². The second-order valence-corrected chi connectivity index (χ2v) is 11.0. The van der Waals surface area contributed by atoms with Gasteiger partial charge in [0, 0.05) is 11.1 Å². The molecule has 1 aromatic rings. The fraction of sp³-hybridized carbons (Fsp3) is 0.556. The van der Waals surface area contributed by atoms with Gasteiger partial charge in [0.25, 0.3) is 5.91 Å². The number of alkyl halides is 1. The third kappa shape index (κ3) is 5.68. The van der Waals surface area contributed by atoms with Crippen molar-refractivity contribution in [2.75, 3.05) is 24.6 Å². The van der Waals surface area contributed by atoms with Crippen LogP contribution in [0.4, 0.5) is 5.13 Å². The number of nitrogens with one attached hydrogen (secondary N) is 1. The average molecular weight is 520 g/mol. The lowest BCUT2D eigenvalue weighted by Crippen LogP contribution is -2.74. The number of esters is 1. The van der Waals surface area contributed by atoms with Crippen LogP contribution in [-0.4, -0.2) is 85.3 Å². The fourth-order valence-corrected chi connectivity index (χ4v) is 5.25. The number of carboxylic acid groups (broad SMARTS) is 1. The molecule has 15 heteroatoms. The van der Waals surface area contributed by atoms with Crippen LogP contribution in [0.3, 0.4) is 0 Å². The van der Waals surface area contributed by atoms with E-state index in [-0.39, 0.29) is 28.8 Å². The molecule has 3 atom stereocenters. The van der Waals surface area contributed by atoms with E-state index in [4.69, 9.17) is 26.9 Å². The minimum Gasteiger partial charge on any atom is -0.480 e. The van der Waals surface area contributed by atoms with E-state index in [1.807, 2.05) is 0 Å². The van der Waals surface area contributed by atoms with Crippen molar-refractivity contribution in [1.29, 1.82) is 0 Å². The van der Waals surface area contributed by atoms with E-state index in [2.05, 4.69) is 15.5 Å².